The Morgan fingerprint density at radius 3 is 2.56 bits per heavy atom. The number of carbonyl (C=O) groups excluding carboxylic acids is 1. The first-order valence-corrected chi connectivity index (χ1v) is 5.18. The summed E-state index contributed by atoms with van der Waals surface area (Å²) in [5.74, 6) is 0.00768. The monoisotopic (exact) mass is 226 g/mol. The van der Waals surface area contributed by atoms with Crippen molar-refractivity contribution in [2.45, 2.75) is 27.7 Å². The van der Waals surface area contributed by atoms with Crippen LogP contribution in [0.1, 0.15) is 38.2 Å². The highest BCUT2D eigenvalue weighted by atomic mass is 16.6. The molecule has 0 spiro atoms. The zero-order valence-electron chi connectivity index (χ0n) is 10.1. The van der Waals surface area contributed by atoms with E-state index in [2.05, 4.69) is 48.0 Å². The van der Waals surface area contributed by atoms with Gasteiger partial charge < -0.3 is 11.1 Å². The van der Waals surface area contributed by atoms with Crippen LogP contribution >= 0.6 is 0 Å². The van der Waals surface area contributed by atoms with Gasteiger partial charge in [0.2, 0.25) is 11.5 Å². The predicted octanol–water partition coefficient (Wildman–Crippen LogP) is 1.06. The number of amides is 1. The molecule has 0 saturated carbocycles. The molecule has 0 radical (unpaired) electrons. The smallest absolute Gasteiger partial charge is 0.277 e. The lowest BCUT2D eigenvalue weighted by Gasteiger charge is -2.27. The number of hydrogen-bond acceptors (Lipinski definition) is 5. The summed E-state index contributed by atoms with van der Waals surface area (Å²) in [6.45, 7) is 9.00. The van der Waals surface area contributed by atoms with Crippen LogP contribution in [-0.2, 0) is 0 Å². The number of nitrogen functional groups attached to an aromatic ring is 1. The number of hydrogen-bond donors (Lipinski definition) is 2. The van der Waals surface area contributed by atoms with Crippen molar-refractivity contribution in [1.82, 2.24) is 15.6 Å². The Labute approximate surface area is 94.5 Å². The van der Waals surface area contributed by atoms with Gasteiger partial charge in [0.25, 0.3) is 5.91 Å². The van der Waals surface area contributed by atoms with Gasteiger partial charge in [-0.15, -0.1) is 0 Å². The van der Waals surface area contributed by atoms with Crippen molar-refractivity contribution in [1.29, 1.82) is 0 Å². The Hall–Kier alpha value is -1.59. The molecule has 0 bridgehead atoms. The summed E-state index contributed by atoms with van der Waals surface area (Å²) in [6, 6.07) is 0. The Morgan fingerprint density at radius 2 is 2.12 bits per heavy atom. The number of aromatic nitrogens is 2. The third kappa shape index (κ3) is 2.95. The van der Waals surface area contributed by atoms with Crippen molar-refractivity contribution in [3.8, 4) is 0 Å². The van der Waals surface area contributed by atoms with Crippen molar-refractivity contribution in [3.63, 3.8) is 0 Å². The lowest BCUT2D eigenvalue weighted by atomic mass is 9.82. The van der Waals surface area contributed by atoms with Crippen molar-refractivity contribution in [3.05, 3.63) is 5.69 Å². The molecule has 1 amide bonds. The number of nitrogens with two attached hydrogens (primary N) is 1. The van der Waals surface area contributed by atoms with Gasteiger partial charge in [-0.2, -0.15) is 0 Å². The van der Waals surface area contributed by atoms with E-state index in [0.717, 1.165) is 0 Å². The van der Waals surface area contributed by atoms with Crippen LogP contribution in [0.5, 0.6) is 0 Å². The summed E-state index contributed by atoms with van der Waals surface area (Å²) in [5, 5.41) is 9.53. The first-order valence-electron chi connectivity index (χ1n) is 5.18. The van der Waals surface area contributed by atoms with Gasteiger partial charge in [-0.3, -0.25) is 4.79 Å². The third-order valence-corrected chi connectivity index (χ3v) is 2.78. The SMILES string of the molecule is CC(CNC(=O)c1nonc1N)C(C)(C)C. The van der Waals surface area contributed by atoms with E-state index in [1.165, 1.54) is 0 Å². The molecule has 6 nitrogen and oxygen atoms in total. The summed E-state index contributed by atoms with van der Waals surface area (Å²) in [6.07, 6.45) is 0. The molecule has 3 N–H and O–H groups in total. The van der Waals surface area contributed by atoms with Gasteiger partial charge in [0.15, 0.2) is 0 Å². The minimum atomic E-state index is -0.352. The maximum Gasteiger partial charge on any atom is 0.277 e. The van der Waals surface area contributed by atoms with Gasteiger partial charge in [-0.25, -0.2) is 4.63 Å². The molecule has 0 aliphatic carbocycles. The van der Waals surface area contributed by atoms with Crippen LogP contribution in [0.2, 0.25) is 0 Å². The number of nitrogens with zero attached hydrogens (tertiary/aromatic N) is 2. The van der Waals surface area contributed by atoms with Crippen molar-refractivity contribution in [2.24, 2.45) is 11.3 Å². The van der Waals surface area contributed by atoms with Gasteiger partial charge >= 0.3 is 0 Å². The van der Waals surface area contributed by atoms with Gasteiger partial charge in [-0.05, 0) is 21.6 Å². The van der Waals surface area contributed by atoms with Crippen LogP contribution in [0.3, 0.4) is 0 Å². The second-order valence-corrected chi connectivity index (χ2v) is 4.98. The molecule has 1 atom stereocenters. The van der Waals surface area contributed by atoms with E-state index in [0.29, 0.717) is 12.5 Å². The van der Waals surface area contributed by atoms with Crippen molar-refractivity contribution in [2.75, 3.05) is 12.3 Å². The second-order valence-electron chi connectivity index (χ2n) is 4.98. The Bertz CT molecular complexity index is 367. The number of rotatable bonds is 3. The van der Waals surface area contributed by atoms with Gasteiger partial charge in [0.1, 0.15) is 0 Å². The van der Waals surface area contributed by atoms with Crippen molar-refractivity contribution >= 4 is 11.7 Å². The average molecular weight is 226 g/mol. The molecule has 0 aliphatic rings. The summed E-state index contributed by atoms with van der Waals surface area (Å²) in [7, 11) is 0. The maximum atomic E-state index is 11.6. The Balaban J connectivity index is 2.52. The molecule has 16 heavy (non-hydrogen) atoms. The Kier molecular flexibility index (Phi) is 3.51. The van der Waals surface area contributed by atoms with Gasteiger partial charge in [-0.1, -0.05) is 27.7 Å². The standard InChI is InChI=1S/C10H18N4O2/c1-6(10(2,3)4)5-12-9(15)7-8(11)14-16-13-7/h6H,5H2,1-4H3,(H2,11,14)(H,12,15). The van der Waals surface area contributed by atoms with E-state index in [4.69, 9.17) is 5.73 Å². The molecule has 1 aromatic heterocycles. The maximum absolute atomic E-state index is 11.6. The van der Waals surface area contributed by atoms with Gasteiger partial charge in [0, 0.05) is 6.54 Å². The largest absolute Gasteiger partial charge is 0.379 e. The van der Waals surface area contributed by atoms with Crippen molar-refractivity contribution < 1.29 is 9.42 Å². The van der Waals surface area contributed by atoms with Crippen LogP contribution in [0.25, 0.3) is 0 Å². The minimum Gasteiger partial charge on any atom is -0.379 e. The fraction of sp³-hybridized carbons (Fsp3) is 0.700. The molecule has 1 aromatic rings. The molecule has 6 heteroatoms. The second kappa shape index (κ2) is 4.51. The van der Waals surface area contributed by atoms with E-state index in [1.54, 1.807) is 0 Å². The minimum absolute atomic E-state index is 0.0147. The first kappa shape index (κ1) is 12.5. The molecule has 90 valence electrons. The summed E-state index contributed by atoms with van der Waals surface area (Å²) in [4.78, 5) is 11.6. The molecule has 0 fully saturated rings. The van der Waals surface area contributed by atoms with E-state index in [9.17, 15) is 4.79 Å². The quantitative estimate of drug-likeness (QED) is 0.803. The van der Waals surface area contributed by atoms with Crippen LogP contribution in [0, 0.1) is 11.3 Å². The van der Waals surface area contributed by atoms with E-state index < -0.39 is 0 Å². The molecule has 1 rings (SSSR count). The lowest BCUT2D eigenvalue weighted by Crippen LogP contribution is -2.34. The van der Waals surface area contributed by atoms with Crippen LogP contribution in [0.4, 0.5) is 5.82 Å². The summed E-state index contributed by atoms with van der Waals surface area (Å²) >= 11 is 0. The molecule has 0 saturated heterocycles. The summed E-state index contributed by atoms with van der Waals surface area (Å²) < 4.78 is 4.35. The normalized spacial score (nSPS) is 13.5. The molecule has 0 aromatic carbocycles. The molecular formula is C10H18N4O2. The third-order valence-electron chi connectivity index (χ3n) is 2.78. The van der Waals surface area contributed by atoms with Gasteiger partial charge in [0.05, 0.1) is 0 Å². The highest BCUT2D eigenvalue weighted by Gasteiger charge is 2.22. The summed E-state index contributed by atoms with van der Waals surface area (Å²) in [5.41, 5.74) is 5.59. The Morgan fingerprint density at radius 1 is 1.50 bits per heavy atom. The number of nitrogens with one attached hydrogen (secondary N) is 1. The molecule has 0 aliphatic heterocycles. The lowest BCUT2D eigenvalue weighted by molar-refractivity contribution is 0.0928. The molecule has 1 unspecified atom stereocenters. The van der Waals surface area contributed by atoms with Crippen LogP contribution in [-0.4, -0.2) is 22.8 Å². The van der Waals surface area contributed by atoms with E-state index >= 15 is 0 Å². The average Bonchev–Trinajstić information content (AvgIpc) is 2.58. The number of carbonyl (C=O) groups is 1. The zero-order chi connectivity index (χ0) is 12.3. The zero-order valence-corrected chi connectivity index (χ0v) is 10.1. The highest BCUT2D eigenvalue weighted by molar-refractivity contribution is 5.95. The molecular weight excluding hydrogens is 208 g/mol. The topological polar surface area (TPSA) is 94.0 Å². The van der Waals surface area contributed by atoms with Crippen LogP contribution < -0.4 is 11.1 Å². The fourth-order valence-corrected chi connectivity index (χ4v) is 0.989. The van der Waals surface area contributed by atoms with Crippen LogP contribution in [0.15, 0.2) is 4.63 Å². The highest BCUT2D eigenvalue weighted by Crippen LogP contribution is 2.24. The fourth-order valence-electron chi connectivity index (χ4n) is 0.989. The molecule has 1 heterocycles. The first-order chi connectivity index (χ1) is 7.32. The number of anilines is 1. The van der Waals surface area contributed by atoms with E-state index in [1.807, 2.05) is 0 Å². The van der Waals surface area contributed by atoms with E-state index in [-0.39, 0.29) is 22.8 Å². The predicted molar refractivity (Wildman–Crippen MR) is 59.7 cm³/mol.